The molecule has 1 N–H and O–H groups in total. The third kappa shape index (κ3) is 2.88. The Morgan fingerprint density at radius 1 is 1.13 bits per heavy atom. The number of hydrogen-bond donors (Lipinski definition) is 1. The summed E-state index contributed by atoms with van der Waals surface area (Å²) in [4.78, 5) is 22.7. The highest BCUT2D eigenvalue weighted by Gasteiger charge is 2.26. The molecule has 23 heavy (non-hydrogen) atoms. The Morgan fingerprint density at radius 2 is 1.83 bits per heavy atom. The molecule has 0 radical (unpaired) electrons. The number of nitrogens with one attached hydrogen (secondary N) is 1. The summed E-state index contributed by atoms with van der Waals surface area (Å²) < 4.78 is 2.13. The molecule has 3 amide bonds. The van der Waals surface area contributed by atoms with E-state index in [1.165, 1.54) is 5.56 Å². The van der Waals surface area contributed by atoms with E-state index in [-0.39, 0.29) is 12.5 Å². The van der Waals surface area contributed by atoms with E-state index in [9.17, 15) is 9.59 Å². The van der Waals surface area contributed by atoms with Gasteiger partial charge in [-0.1, -0.05) is 17.7 Å². The molecule has 2 heterocycles. The van der Waals surface area contributed by atoms with Gasteiger partial charge in [0.25, 0.3) is 0 Å². The zero-order valence-corrected chi connectivity index (χ0v) is 13.3. The Balaban J connectivity index is 1.90. The van der Waals surface area contributed by atoms with Crippen LogP contribution in [0.4, 0.5) is 4.79 Å². The number of carbonyl (C=O) groups is 2. The number of hydrogen-bond acceptors (Lipinski definition) is 3. The van der Waals surface area contributed by atoms with Gasteiger partial charge in [-0.2, -0.15) is 5.10 Å². The van der Waals surface area contributed by atoms with Gasteiger partial charge in [0.2, 0.25) is 5.91 Å². The van der Waals surface area contributed by atoms with Gasteiger partial charge in [0.05, 0.1) is 6.21 Å². The lowest BCUT2D eigenvalue weighted by molar-refractivity contribution is -0.118. The van der Waals surface area contributed by atoms with Gasteiger partial charge in [0.15, 0.2) is 0 Å². The number of rotatable bonds is 3. The summed E-state index contributed by atoms with van der Waals surface area (Å²) >= 11 is 0. The quantitative estimate of drug-likeness (QED) is 0.698. The van der Waals surface area contributed by atoms with Gasteiger partial charge < -0.3 is 4.57 Å². The van der Waals surface area contributed by atoms with E-state index in [0.717, 1.165) is 27.6 Å². The number of hydrazone groups is 1. The molecule has 1 aliphatic heterocycles. The molecule has 6 heteroatoms. The lowest BCUT2D eigenvalue weighted by Gasteiger charge is -2.10. The summed E-state index contributed by atoms with van der Waals surface area (Å²) in [6, 6.07) is 9.81. The molecule has 1 aliphatic rings. The van der Waals surface area contributed by atoms with Crippen molar-refractivity contribution in [3.8, 4) is 5.69 Å². The summed E-state index contributed by atoms with van der Waals surface area (Å²) in [6.07, 6.45) is 1.62. The minimum absolute atomic E-state index is 0.0357. The van der Waals surface area contributed by atoms with Crippen molar-refractivity contribution in [2.24, 2.45) is 5.10 Å². The molecular weight excluding hydrogens is 292 g/mol. The van der Waals surface area contributed by atoms with Crippen molar-refractivity contribution in [1.29, 1.82) is 0 Å². The molecular formula is C17H18N4O2. The van der Waals surface area contributed by atoms with Crippen molar-refractivity contribution < 1.29 is 9.59 Å². The van der Waals surface area contributed by atoms with Crippen LogP contribution in [0.1, 0.15) is 22.5 Å². The minimum Gasteiger partial charge on any atom is -0.318 e. The first-order valence-electron chi connectivity index (χ1n) is 7.37. The van der Waals surface area contributed by atoms with Crippen molar-refractivity contribution in [3.05, 3.63) is 52.8 Å². The number of imide groups is 1. The summed E-state index contributed by atoms with van der Waals surface area (Å²) in [6.45, 7) is 6.05. The molecule has 0 saturated carbocycles. The fraction of sp³-hybridized carbons (Fsp3) is 0.235. The van der Waals surface area contributed by atoms with Crippen molar-refractivity contribution in [1.82, 2.24) is 14.9 Å². The maximum Gasteiger partial charge on any atom is 0.344 e. The Morgan fingerprint density at radius 3 is 2.43 bits per heavy atom. The summed E-state index contributed by atoms with van der Waals surface area (Å²) in [5.41, 5.74) is 5.31. The Bertz CT molecular complexity index is 803. The molecule has 1 aromatic carbocycles. The number of aryl methyl sites for hydroxylation is 2. The van der Waals surface area contributed by atoms with E-state index in [0.29, 0.717) is 0 Å². The maximum absolute atomic E-state index is 11.5. The average molecular weight is 310 g/mol. The molecule has 6 nitrogen and oxygen atoms in total. The smallest absolute Gasteiger partial charge is 0.318 e. The average Bonchev–Trinajstić information content (AvgIpc) is 2.97. The second-order valence-corrected chi connectivity index (χ2v) is 5.65. The SMILES string of the molecule is Cc1ccc(-n2c(C)cc(/C=N/N3CC(=O)NC3=O)c2C)cc1. The fourth-order valence-corrected chi connectivity index (χ4v) is 2.67. The number of carbonyl (C=O) groups excluding carboxylic acids is 2. The van der Waals surface area contributed by atoms with Crippen LogP contribution in [-0.4, -0.2) is 34.3 Å². The van der Waals surface area contributed by atoms with Crippen LogP contribution in [0.2, 0.25) is 0 Å². The van der Waals surface area contributed by atoms with Crippen LogP contribution in [0, 0.1) is 20.8 Å². The zero-order chi connectivity index (χ0) is 16.6. The van der Waals surface area contributed by atoms with Crippen molar-refractivity contribution in [2.45, 2.75) is 20.8 Å². The third-order valence-corrected chi connectivity index (χ3v) is 3.87. The Kier molecular flexibility index (Phi) is 3.73. The summed E-state index contributed by atoms with van der Waals surface area (Å²) in [5.74, 6) is -0.336. The fourth-order valence-electron chi connectivity index (χ4n) is 2.67. The van der Waals surface area contributed by atoms with Gasteiger partial charge in [-0.05, 0) is 39.0 Å². The van der Waals surface area contributed by atoms with E-state index >= 15 is 0 Å². The first-order valence-corrected chi connectivity index (χ1v) is 7.37. The number of aromatic nitrogens is 1. The lowest BCUT2D eigenvalue weighted by atomic mass is 10.2. The first-order chi connectivity index (χ1) is 11.0. The predicted octanol–water partition coefficient (Wildman–Crippen LogP) is 2.29. The molecule has 3 rings (SSSR count). The molecule has 1 saturated heterocycles. The van der Waals surface area contributed by atoms with Crippen LogP contribution >= 0.6 is 0 Å². The minimum atomic E-state index is -0.487. The van der Waals surface area contributed by atoms with Gasteiger partial charge in [-0.25, -0.2) is 9.80 Å². The number of amides is 3. The summed E-state index contributed by atoms with van der Waals surface area (Å²) in [5, 5.41) is 7.43. The molecule has 0 aliphatic carbocycles. The lowest BCUT2D eigenvalue weighted by Crippen LogP contribution is -2.24. The van der Waals surface area contributed by atoms with Gasteiger partial charge in [-0.3, -0.25) is 10.1 Å². The van der Waals surface area contributed by atoms with Crippen LogP contribution in [0.15, 0.2) is 35.4 Å². The van der Waals surface area contributed by atoms with E-state index < -0.39 is 6.03 Å². The van der Waals surface area contributed by atoms with Gasteiger partial charge in [-0.15, -0.1) is 0 Å². The van der Waals surface area contributed by atoms with E-state index in [2.05, 4.69) is 46.2 Å². The Labute approximate surface area is 134 Å². The zero-order valence-electron chi connectivity index (χ0n) is 13.3. The number of urea groups is 1. The van der Waals surface area contributed by atoms with Crippen LogP contribution in [0.3, 0.4) is 0 Å². The van der Waals surface area contributed by atoms with E-state index in [4.69, 9.17) is 0 Å². The highest BCUT2D eigenvalue weighted by molar-refractivity contribution is 6.02. The van der Waals surface area contributed by atoms with Crippen LogP contribution in [0.25, 0.3) is 5.69 Å². The second-order valence-electron chi connectivity index (χ2n) is 5.65. The first kappa shape index (κ1) is 15.0. The second kappa shape index (κ2) is 5.72. The largest absolute Gasteiger partial charge is 0.344 e. The van der Waals surface area contributed by atoms with Crippen molar-refractivity contribution in [2.75, 3.05) is 6.54 Å². The maximum atomic E-state index is 11.5. The topological polar surface area (TPSA) is 66.7 Å². The molecule has 0 bridgehead atoms. The number of nitrogens with zero attached hydrogens (tertiary/aromatic N) is 3. The van der Waals surface area contributed by atoms with Crippen LogP contribution < -0.4 is 5.32 Å². The van der Waals surface area contributed by atoms with Crippen molar-refractivity contribution in [3.63, 3.8) is 0 Å². The van der Waals surface area contributed by atoms with Crippen LogP contribution in [-0.2, 0) is 4.79 Å². The molecule has 1 aromatic heterocycles. The predicted molar refractivity (Wildman–Crippen MR) is 87.8 cm³/mol. The number of benzene rings is 1. The van der Waals surface area contributed by atoms with E-state index in [1.807, 2.05) is 19.9 Å². The molecule has 1 fully saturated rings. The Hall–Kier alpha value is -2.89. The van der Waals surface area contributed by atoms with Crippen molar-refractivity contribution >= 4 is 18.2 Å². The molecule has 0 atom stereocenters. The van der Waals surface area contributed by atoms with E-state index in [1.54, 1.807) is 6.21 Å². The standard InChI is InChI=1S/C17H18N4O2/c1-11-4-6-15(7-5-11)21-12(2)8-14(13(21)3)9-18-20-10-16(22)19-17(20)23/h4-9H,10H2,1-3H3,(H,19,22,23)/b18-9+. The third-order valence-electron chi connectivity index (χ3n) is 3.87. The molecule has 118 valence electrons. The monoisotopic (exact) mass is 310 g/mol. The van der Waals surface area contributed by atoms with Gasteiger partial charge in [0, 0.05) is 22.6 Å². The molecule has 0 unspecified atom stereocenters. The van der Waals surface area contributed by atoms with Crippen LogP contribution in [0.5, 0.6) is 0 Å². The molecule has 2 aromatic rings. The van der Waals surface area contributed by atoms with Gasteiger partial charge >= 0.3 is 6.03 Å². The van der Waals surface area contributed by atoms with Gasteiger partial charge in [0.1, 0.15) is 6.54 Å². The highest BCUT2D eigenvalue weighted by Crippen LogP contribution is 2.20. The normalized spacial score (nSPS) is 14.8. The molecule has 0 spiro atoms. The highest BCUT2D eigenvalue weighted by atomic mass is 16.2. The summed E-state index contributed by atoms with van der Waals surface area (Å²) in [7, 11) is 0.